The van der Waals surface area contributed by atoms with Gasteiger partial charge in [0.15, 0.2) is 5.82 Å². The molecule has 4 aromatic rings. The molecule has 10 heteroatoms. The molecule has 3 aromatic heterocycles. The van der Waals surface area contributed by atoms with E-state index in [0.29, 0.717) is 23.3 Å². The molecule has 1 amide bonds. The lowest BCUT2D eigenvalue weighted by molar-refractivity contribution is 0.0960. The van der Waals surface area contributed by atoms with Crippen LogP contribution in [0.4, 0.5) is 16.0 Å². The maximum absolute atomic E-state index is 14.4. The zero-order valence-electron chi connectivity index (χ0n) is 20.8. The first-order valence-electron chi connectivity index (χ1n) is 12.1. The Hall–Kier alpha value is -3.79. The van der Waals surface area contributed by atoms with Crippen LogP contribution >= 0.6 is 13.5 Å². The summed E-state index contributed by atoms with van der Waals surface area (Å²) in [5.41, 5.74) is 3.22. The molecule has 37 heavy (non-hydrogen) atoms. The summed E-state index contributed by atoms with van der Waals surface area (Å²) in [5.74, 6) is 1.24. The van der Waals surface area contributed by atoms with Crippen molar-refractivity contribution < 1.29 is 9.18 Å². The molecular weight excluding hydrogens is 489 g/mol. The van der Waals surface area contributed by atoms with Gasteiger partial charge in [0, 0.05) is 49.3 Å². The van der Waals surface area contributed by atoms with Crippen molar-refractivity contribution in [2.24, 2.45) is 5.92 Å². The second-order valence-corrected chi connectivity index (χ2v) is 9.13. The summed E-state index contributed by atoms with van der Waals surface area (Å²) >= 11 is 0. The van der Waals surface area contributed by atoms with E-state index in [1.807, 2.05) is 43.5 Å². The van der Waals surface area contributed by atoms with Gasteiger partial charge in [-0.25, -0.2) is 19.3 Å². The fourth-order valence-electron chi connectivity index (χ4n) is 4.18. The van der Waals surface area contributed by atoms with Crippen molar-refractivity contribution in [1.82, 2.24) is 25.3 Å². The van der Waals surface area contributed by atoms with Crippen LogP contribution in [0.5, 0.6) is 0 Å². The summed E-state index contributed by atoms with van der Waals surface area (Å²) in [5, 5.41) is 9.73. The topological polar surface area (TPSA) is 105 Å². The van der Waals surface area contributed by atoms with E-state index in [0.717, 1.165) is 41.3 Å². The van der Waals surface area contributed by atoms with Crippen molar-refractivity contribution in [3.63, 3.8) is 0 Å². The van der Waals surface area contributed by atoms with Gasteiger partial charge in [0.1, 0.15) is 18.0 Å². The van der Waals surface area contributed by atoms with Gasteiger partial charge in [-0.05, 0) is 36.5 Å². The first-order chi connectivity index (χ1) is 17.5. The van der Waals surface area contributed by atoms with E-state index in [9.17, 15) is 9.18 Å². The Morgan fingerprint density at radius 1 is 1.05 bits per heavy atom. The fourth-order valence-corrected chi connectivity index (χ4v) is 4.18. The number of halogens is 1. The van der Waals surface area contributed by atoms with E-state index < -0.39 is 11.7 Å². The predicted octanol–water partition coefficient (Wildman–Crippen LogP) is 4.74. The number of carbonyl (C=O) groups excluding carboxylic acids is 1. The van der Waals surface area contributed by atoms with Gasteiger partial charge in [-0.15, -0.1) is 0 Å². The molecule has 1 fully saturated rings. The van der Waals surface area contributed by atoms with Crippen LogP contribution in [0.15, 0.2) is 55.1 Å². The molecule has 0 aliphatic heterocycles. The number of rotatable bonds is 9. The lowest BCUT2D eigenvalue weighted by Crippen LogP contribution is -2.20. The Balaban J connectivity index is 0.00000320. The van der Waals surface area contributed by atoms with Crippen LogP contribution in [0.2, 0.25) is 0 Å². The second-order valence-electron chi connectivity index (χ2n) is 9.13. The van der Waals surface area contributed by atoms with Crippen LogP contribution in [-0.4, -0.2) is 46.0 Å². The molecule has 1 aliphatic rings. The van der Waals surface area contributed by atoms with Crippen LogP contribution < -0.4 is 16.0 Å². The first-order valence-corrected chi connectivity index (χ1v) is 12.1. The number of carbonyl (C=O) groups is 1. The smallest absolute Gasteiger partial charge is 0.254 e. The molecule has 0 radical (unpaired) electrons. The maximum atomic E-state index is 14.4. The van der Waals surface area contributed by atoms with Gasteiger partial charge >= 0.3 is 0 Å². The fraction of sp³-hybridized carbons (Fsp3) is 0.296. The Bertz CT molecular complexity index is 1400. The minimum Gasteiger partial charge on any atom is -0.370 e. The highest BCUT2D eigenvalue weighted by Gasteiger charge is 2.21. The van der Waals surface area contributed by atoms with Crippen molar-refractivity contribution in [3.05, 3.63) is 72.1 Å². The Kier molecular flexibility index (Phi) is 8.17. The van der Waals surface area contributed by atoms with Crippen LogP contribution in [0, 0.1) is 11.7 Å². The molecule has 8 nitrogen and oxygen atoms in total. The summed E-state index contributed by atoms with van der Waals surface area (Å²) in [7, 11) is 1.48. The lowest BCUT2D eigenvalue weighted by atomic mass is 9.96. The van der Waals surface area contributed by atoms with Gasteiger partial charge in [0.25, 0.3) is 5.91 Å². The minimum atomic E-state index is -0.639. The van der Waals surface area contributed by atoms with Gasteiger partial charge in [-0.1, -0.05) is 25.1 Å². The molecule has 1 saturated carbocycles. The van der Waals surface area contributed by atoms with Crippen molar-refractivity contribution in [3.8, 4) is 11.3 Å². The van der Waals surface area contributed by atoms with Crippen LogP contribution in [0.25, 0.3) is 22.2 Å². The number of nitrogens with one attached hydrogen (secondary N) is 3. The van der Waals surface area contributed by atoms with Crippen LogP contribution in [-0.2, 0) is 0 Å². The highest BCUT2D eigenvalue weighted by Crippen LogP contribution is 2.29. The average Bonchev–Trinajstić information content (AvgIpc) is 3.75. The third-order valence-corrected chi connectivity index (χ3v) is 6.45. The van der Waals surface area contributed by atoms with Crippen molar-refractivity contribution in [2.45, 2.75) is 25.7 Å². The number of hydrogen-bond acceptors (Lipinski definition) is 7. The second kappa shape index (κ2) is 11.5. The van der Waals surface area contributed by atoms with Crippen molar-refractivity contribution in [1.29, 1.82) is 0 Å². The van der Waals surface area contributed by atoms with Crippen LogP contribution in [0.3, 0.4) is 0 Å². The number of nitrogens with zero attached hydrogens (tertiary/aromatic N) is 4. The van der Waals surface area contributed by atoms with Gasteiger partial charge in [0.05, 0.1) is 23.0 Å². The van der Waals surface area contributed by atoms with E-state index in [-0.39, 0.29) is 25.0 Å². The van der Waals surface area contributed by atoms with Gasteiger partial charge in [0.2, 0.25) is 0 Å². The summed E-state index contributed by atoms with van der Waals surface area (Å²) in [6, 6.07) is 11.3. The normalized spacial score (nSPS) is 13.5. The molecule has 192 valence electrons. The largest absolute Gasteiger partial charge is 0.370 e. The van der Waals surface area contributed by atoms with E-state index in [1.54, 1.807) is 6.07 Å². The zero-order valence-corrected chi connectivity index (χ0v) is 21.8. The quantitative estimate of drug-likeness (QED) is 0.293. The third kappa shape index (κ3) is 5.96. The highest BCUT2D eigenvalue weighted by molar-refractivity contribution is 7.59. The Morgan fingerprint density at radius 2 is 1.89 bits per heavy atom. The molecule has 3 heterocycles. The molecule has 1 aromatic carbocycles. The molecular formula is C27H30FN7OS. The van der Waals surface area contributed by atoms with E-state index in [2.05, 4.69) is 35.9 Å². The summed E-state index contributed by atoms with van der Waals surface area (Å²) in [4.78, 5) is 29.8. The summed E-state index contributed by atoms with van der Waals surface area (Å²) in [6.07, 6.45) is 7.04. The first kappa shape index (κ1) is 26.3. The number of para-hydroxylation sites is 1. The molecule has 0 spiro atoms. The third-order valence-electron chi connectivity index (χ3n) is 6.45. The Labute approximate surface area is 222 Å². The van der Waals surface area contributed by atoms with Crippen molar-refractivity contribution in [2.75, 3.05) is 30.8 Å². The molecule has 0 saturated heterocycles. The van der Waals surface area contributed by atoms with Crippen LogP contribution in [0.1, 0.15) is 41.6 Å². The molecule has 5 rings (SSSR count). The lowest BCUT2D eigenvalue weighted by Gasteiger charge is -2.17. The number of hydrogen-bond donors (Lipinski definition) is 3. The number of amides is 1. The number of fused-ring (bicyclic) bond motifs is 1. The summed E-state index contributed by atoms with van der Waals surface area (Å²) in [6.45, 7) is 3.58. The number of aromatic nitrogens is 4. The zero-order chi connectivity index (χ0) is 25.1. The minimum absolute atomic E-state index is 0. The molecule has 0 bridgehead atoms. The molecule has 1 atom stereocenters. The number of anilines is 2. The van der Waals surface area contributed by atoms with E-state index in [4.69, 9.17) is 0 Å². The average molecular weight is 520 g/mol. The van der Waals surface area contributed by atoms with Gasteiger partial charge in [-0.3, -0.25) is 9.78 Å². The SMILES string of the molecule is CNC(=O)c1c(F)cnc2c([C@H](C)CNc3cc(-c4ccc(NCC5CC5)nc4)ncn3)cccc12.S. The molecule has 1 aliphatic carbocycles. The number of pyridine rings is 2. The Morgan fingerprint density at radius 3 is 2.62 bits per heavy atom. The van der Waals surface area contributed by atoms with Crippen molar-refractivity contribution >= 4 is 41.9 Å². The maximum Gasteiger partial charge on any atom is 0.254 e. The monoisotopic (exact) mass is 519 g/mol. The standard InChI is InChI=1S/C27H28FN7O.H2S/c1-16(19-4-3-5-20-25(27(36)29-2)21(28)14-33-26(19)20)11-30-24-10-22(34-15-35-24)18-8-9-23(32-13-18)31-12-17-6-7-17;/h3-5,8-10,13-17H,6-7,11-12H2,1-2H3,(H,29,36)(H,31,32)(H,30,34,35);1H2/t16-;/m1./s1. The van der Waals surface area contributed by atoms with Gasteiger partial charge in [-0.2, -0.15) is 13.5 Å². The molecule has 3 N–H and O–H groups in total. The highest BCUT2D eigenvalue weighted by atomic mass is 32.1. The predicted molar refractivity (Wildman–Crippen MR) is 149 cm³/mol. The van der Waals surface area contributed by atoms with E-state index >= 15 is 0 Å². The van der Waals surface area contributed by atoms with E-state index in [1.165, 1.54) is 26.2 Å². The molecule has 0 unspecified atom stereocenters. The summed E-state index contributed by atoms with van der Waals surface area (Å²) < 4.78 is 14.4. The number of benzene rings is 1. The van der Waals surface area contributed by atoms with Gasteiger partial charge < -0.3 is 16.0 Å².